The first-order valence-electron chi connectivity index (χ1n) is 6.76. The summed E-state index contributed by atoms with van der Waals surface area (Å²) in [6.07, 6.45) is 4.51. The Morgan fingerprint density at radius 1 is 1.30 bits per heavy atom. The second-order valence-corrected chi connectivity index (χ2v) is 5.21. The van der Waals surface area contributed by atoms with E-state index in [-0.39, 0.29) is 24.1 Å². The van der Waals surface area contributed by atoms with Crippen molar-refractivity contribution < 1.29 is 9.21 Å². The van der Waals surface area contributed by atoms with Crippen LogP contribution in [-0.2, 0) is 11.2 Å². The summed E-state index contributed by atoms with van der Waals surface area (Å²) in [6, 6.07) is 5.38. The van der Waals surface area contributed by atoms with E-state index in [1.807, 2.05) is 13.0 Å². The maximum Gasteiger partial charge on any atom is 0.267 e. The molecular weight excluding hydrogens is 318 g/mol. The third kappa shape index (κ3) is 3.70. The lowest BCUT2D eigenvalue weighted by Gasteiger charge is -2.06. The molecule has 2 aromatic heterocycles. The molecule has 0 atom stereocenters. The number of hydrogen-bond donors (Lipinski definition) is 1. The molecule has 0 radical (unpaired) electrons. The zero-order valence-electron chi connectivity index (χ0n) is 12.2. The molecule has 23 heavy (non-hydrogen) atoms. The average molecular weight is 330 g/mol. The van der Waals surface area contributed by atoms with E-state index in [0.717, 1.165) is 5.56 Å². The van der Waals surface area contributed by atoms with Gasteiger partial charge in [-0.25, -0.2) is 4.98 Å². The Kier molecular flexibility index (Phi) is 4.29. The SMILES string of the molecule is Cc1ccc(NC(=O)Cc2nnc(-c3cnccn3)o2)c(Cl)c1. The number of anilines is 1. The molecule has 8 heteroatoms. The van der Waals surface area contributed by atoms with Crippen molar-refractivity contribution in [2.45, 2.75) is 13.3 Å². The lowest BCUT2D eigenvalue weighted by molar-refractivity contribution is -0.115. The number of amides is 1. The molecule has 0 fully saturated rings. The van der Waals surface area contributed by atoms with Crippen molar-refractivity contribution in [2.24, 2.45) is 0 Å². The van der Waals surface area contributed by atoms with Crippen LogP contribution in [0.3, 0.4) is 0 Å². The topological polar surface area (TPSA) is 93.8 Å². The minimum Gasteiger partial charge on any atom is -0.419 e. The van der Waals surface area contributed by atoms with Crippen molar-refractivity contribution in [3.8, 4) is 11.6 Å². The number of aryl methyl sites for hydroxylation is 1. The predicted octanol–water partition coefficient (Wildman–Crippen LogP) is 2.67. The number of rotatable bonds is 4. The molecule has 1 N–H and O–H groups in total. The van der Waals surface area contributed by atoms with Gasteiger partial charge in [0.2, 0.25) is 11.8 Å². The van der Waals surface area contributed by atoms with Crippen molar-refractivity contribution in [3.05, 3.63) is 53.3 Å². The Labute approximate surface area is 136 Å². The van der Waals surface area contributed by atoms with Gasteiger partial charge in [0.05, 0.1) is 16.9 Å². The van der Waals surface area contributed by atoms with E-state index in [1.54, 1.807) is 18.3 Å². The van der Waals surface area contributed by atoms with E-state index in [9.17, 15) is 4.79 Å². The summed E-state index contributed by atoms with van der Waals surface area (Å²) >= 11 is 6.08. The van der Waals surface area contributed by atoms with Crippen LogP contribution in [0.4, 0.5) is 5.69 Å². The van der Waals surface area contributed by atoms with Gasteiger partial charge in [0.15, 0.2) is 0 Å². The van der Waals surface area contributed by atoms with Gasteiger partial charge in [-0.3, -0.25) is 9.78 Å². The monoisotopic (exact) mass is 329 g/mol. The van der Waals surface area contributed by atoms with Crippen LogP contribution >= 0.6 is 11.6 Å². The van der Waals surface area contributed by atoms with Crippen molar-refractivity contribution in [1.29, 1.82) is 0 Å². The maximum absolute atomic E-state index is 12.0. The second-order valence-electron chi connectivity index (χ2n) is 4.80. The zero-order valence-corrected chi connectivity index (χ0v) is 12.9. The molecule has 0 aliphatic rings. The molecule has 0 aliphatic heterocycles. The van der Waals surface area contributed by atoms with Gasteiger partial charge in [0.1, 0.15) is 12.1 Å². The third-order valence-corrected chi connectivity index (χ3v) is 3.27. The second kappa shape index (κ2) is 6.53. The van der Waals surface area contributed by atoms with Gasteiger partial charge in [-0.1, -0.05) is 17.7 Å². The number of nitrogens with zero attached hydrogens (tertiary/aromatic N) is 4. The lowest BCUT2D eigenvalue weighted by atomic mass is 10.2. The molecule has 1 aromatic carbocycles. The van der Waals surface area contributed by atoms with Crippen LogP contribution in [-0.4, -0.2) is 26.1 Å². The number of aromatic nitrogens is 4. The highest BCUT2D eigenvalue weighted by Gasteiger charge is 2.14. The Bertz CT molecular complexity index is 835. The van der Waals surface area contributed by atoms with Gasteiger partial charge in [-0.2, -0.15) is 0 Å². The van der Waals surface area contributed by atoms with Gasteiger partial charge in [0.25, 0.3) is 5.89 Å². The number of benzene rings is 1. The van der Waals surface area contributed by atoms with Crippen molar-refractivity contribution in [3.63, 3.8) is 0 Å². The first kappa shape index (κ1) is 15.1. The largest absolute Gasteiger partial charge is 0.419 e. The summed E-state index contributed by atoms with van der Waals surface area (Å²) < 4.78 is 5.41. The molecule has 3 rings (SSSR count). The molecule has 3 aromatic rings. The smallest absolute Gasteiger partial charge is 0.267 e. The Balaban J connectivity index is 1.68. The number of halogens is 1. The molecule has 7 nitrogen and oxygen atoms in total. The van der Waals surface area contributed by atoms with Gasteiger partial charge >= 0.3 is 0 Å². The highest BCUT2D eigenvalue weighted by Crippen LogP contribution is 2.23. The molecule has 0 spiro atoms. The van der Waals surface area contributed by atoms with Crippen LogP contribution in [0.25, 0.3) is 11.6 Å². The van der Waals surface area contributed by atoms with Gasteiger partial charge in [-0.05, 0) is 24.6 Å². The summed E-state index contributed by atoms with van der Waals surface area (Å²) in [4.78, 5) is 20.0. The molecule has 1 amide bonds. The summed E-state index contributed by atoms with van der Waals surface area (Å²) in [6.45, 7) is 1.92. The Morgan fingerprint density at radius 3 is 2.91 bits per heavy atom. The quantitative estimate of drug-likeness (QED) is 0.790. The fraction of sp³-hybridized carbons (Fsp3) is 0.133. The minimum absolute atomic E-state index is 0.0581. The van der Waals surface area contributed by atoms with Crippen molar-refractivity contribution in [2.75, 3.05) is 5.32 Å². The summed E-state index contributed by atoms with van der Waals surface area (Å²) in [7, 11) is 0. The van der Waals surface area contributed by atoms with Crippen molar-refractivity contribution in [1.82, 2.24) is 20.2 Å². The van der Waals surface area contributed by atoms with Crippen LogP contribution in [0.15, 0.2) is 41.2 Å². The van der Waals surface area contributed by atoms with E-state index < -0.39 is 0 Å². The highest BCUT2D eigenvalue weighted by molar-refractivity contribution is 6.33. The first-order valence-corrected chi connectivity index (χ1v) is 7.14. The molecule has 0 aliphatic carbocycles. The summed E-state index contributed by atoms with van der Waals surface area (Å²) in [5.74, 6) is 0.103. The normalized spacial score (nSPS) is 10.5. The molecule has 0 unspecified atom stereocenters. The van der Waals surface area contributed by atoms with E-state index in [1.165, 1.54) is 12.4 Å². The molecule has 0 saturated carbocycles. The number of carbonyl (C=O) groups is 1. The van der Waals surface area contributed by atoms with Crippen LogP contribution < -0.4 is 5.32 Å². The molecule has 0 saturated heterocycles. The molecule has 2 heterocycles. The van der Waals surface area contributed by atoms with Gasteiger partial charge in [0, 0.05) is 12.4 Å². The van der Waals surface area contributed by atoms with Gasteiger partial charge in [-0.15, -0.1) is 10.2 Å². The average Bonchev–Trinajstić information content (AvgIpc) is 2.99. The Hall–Kier alpha value is -2.80. The van der Waals surface area contributed by atoms with E-state index in [2.05, 4.69) is 25.5 Å². The number of hydrogen-bond acceptors (Lipinski definition) is 6. The first-order chi connectivity index (χ1) is 11.1. The minimum atomic E-state index is -0.301. The Morgan fingerprint density at radius 2 is 2.17 bits per heavy atom. The van der Waals surface area contributed by atoms with E-state index >= 15 is 0 Å². The van der Waals surface area contributed by atoms with Crippen LogP contribution in [0.5, 0.6) is 0 Å². The molecule has 0 bridgehead atoms. The molecule has 116 valence electrons. The van der Waals surface area contributed by atoms with Crippen LogP contribution in [0, 0.1) is 6.92 Å². The standard InChI is InChI=1S/C15H12ClN5O2/c1-9-2-3-11(10(16)6-9)19-13(22)7-14-20-21-15(23-14)12-8-17-4-5-18-12/h2-6,8H,7H2,1H3,(H,19,22). The van der Waals surface area contributed by atoms with Crippen LogP contribution in [0.2, 0.25) is 5.02 Å². The maximum atomic E-state index is 12.0. The van der Waals surface area contributed by atoms with Crippen molar-refractivity contribution >= 4 is 23.2 Å². The van der Waals surface area contributed by atoms with E-state index in [4.69, 9.17) is 16.0 Å². The fourth-order valence-electron chi connectivity index (χ4n) is 1.89. The third-order valence-electron chi connectivity index (χ3n) is 2.96. The highest BCUT2D eigenvalue weighted by atomic mass is 35.5. The lowest BCUT2D eigenvalue weighted by Crippen LogP contribution is -2.14. The summed E-state index contributed by atoms with van der Waals surface area (Å²) in [5.41, 5.74) is 2.00. The summed E-state index contributed by atoms with van der Waals surface area (Å²) in [5, 5.41) is 10.9. The number of carbonyl (C=O) groups excluding carboxylic acids is 1. The van der Waals surface area contributed by atoms with Gasteiger partial charge < -0.3 is 9.73 Å². The van der Waals surface area contributed by atoms with Crippen LogP contribution in [0.1, 0.15) is 11.5 Å². The molecular formula is C15H12ClN5O2. The van der Waals surface area contributed by atoms with E-state index in [0.29, 0.717) is 16.4 Å². The predicted molar refractivity (Wildman–Crippen MR) is 83.8 cm³/mol. The zero-order chi connectivity index (χ0) is 16.2. The number of nitrogens with one attached hydrogen (secondary N) is 1. The fourth-order valence-corrected chi connectivity index (χ4v) is 2.17.